The number of hydrogen-bond acceptors (Lipinski definition) is 15. The number of rotatable bonds is 66. The van der Waals surface area contributed by atoms with Crippen LogP contribution in [0.25, 0.3) is 0 Å². The highest BCUT2D eigenvalue weighted by molar-refractivity contribution is 7.47. The van der Waals surface area contributed by atoms with Crippen LogP contribution in [0, 0.1) is 23.7 Å². The van der Waals surface area contributed by atoms with Gasteiger partial charge in [0.05, 0.1) is 26.4 Å². The zero-order chi connectivity index (χ0) is 65.4. The highest BCUT2D eigenvalue weighted by Crippen LogP contribution is 2.45. The van der Waals surface area contributed by atoms with Crippen LogP contribution in [0.3, 0.4) is 0 Å². The second-order valence-corrected chi connectivity index (χ2v) is 29.3. The Morgan fingerprint density at radius 2 is 0.545 bits per heavy atom. The van der Waals surface area contributed by atoms with Crippen molar-refractivity contribution in [1.29, 1.82) is 0 Å². The molecule has 19 heteroatoms. The van der Waals surface area contributed by atoms with Crippen molar-refractivity contribution in [2.45, 2.75) is 356 Å². The minimum Gasteiger partial charge on any atom is -0.462 e. The number of aliphatic hydroxyl groups is 1. The van der Waals surface area contributed by atoms with Crippen molar-refractivity contribution >= 4 is 39.5 Å². The molecule has 0 rings (SSSR count). The molecule has 0 aromatic rings. The Kier molecular flexibility index (Phi) is 57.6. The van der Waals surface area contributed by atoms with E-state index in [9.17, 15) is 43.2 Å². The molecule has 0 aliphatic heterocycles. The van der Waals surface area contributed by atoms with Gasteiger partial charge in [0.15, 0.2) is 12.2 Å². The molecule has 0 aromatic heterocycles. The van der Waals surface area contributed by atoms with Gasteiger partial charge in [-0.3, -0.25) is 37.3 Å². The van der Waals surface area contributed by atoms with Gasteiger partial charge in [0.1, 0.15) is 19.3 Å². The molecule has 0 amide bonds. The second kappa shape index (κ2) is 58.8. The summed E-state index contributed by atoms with van der Waals surface area (Å²) < 4.78 is 68.2. The van der Waals surface area contributed by atoms with E-state index in [1.54, 1.807) is 0 Å². The van der Waals surface area contributed by atoms with E-state index < -0.39 is 97.5 Å². The molecule has 0 heterocycles. The number of carbonyl (C=O) groups excluding carboxylic acids is 4. The van der Waals surface area contributed by atoms with Crippen LogP contribution in [0.4, 0.5) is 0 Å². The normalized spacial score (nSPS) is 14.9. The number of hydrogen-bond donors (Lipinski definition) is 3. The lowest BCUT2D eigenvalue weighted by molar-refractivity contribution is -0.161. The number of phosphoric acid groups is 2. The maximum Gasteiger partial charge on any atom is 0.472 e. The van der Waals surface area contributed by atoms with Crippen LogP contribution in [0.2, 0.25) is 0 Å². The van der Waals surface area contributed by atoms with E-state index in [0.717, 1.165) is 120 Å². The Labute approximate surface area is 537 Å². The highest BCUT2D eigenvalue weighted by atomic mass is 31.2. The fourth-order valence-electron chi connectivity index (χ4n) is 10.2. The van der Waals surface area contributed by atoms with Crippen molar-refractivity contribution < 1.29 is 80.2 Å². The molecule has 0 aliphatic carbocycles. The maximum absolute atomic E-state index is 13.0. The molecule has 0 saturated heterocycles. The van der Waals surface area contributed by atoms with Crippen molar-refractivity contribution in [2.75, 3.05) is 39.6 Å². The predicted molar refractivity (Wildman–Crippen MR) is 354 cm³/mol. The van der Waals surface area contributed by atoms with Crippen LogP contribution in [0.1, 0.15) is 338 Å². The Hall–Kier alpha value is -1.94. The third kappa shape index (κ3) is 60.3. The van der Waals surface area contributed by atoms with Crippen LogP contribution in [-0.4, -0.2) is 96.7 Å². The first kappa shape index (κ1) is 86.1. The lowest BCUT2D eigenvalue weighted by Crippen LogP contribution is -2.30. The zero-order valence-corrected chi connectivity index (χ0v) is 59.1. The van der Waals surface area contributed by atoms with Gasteiger partial charge in [0, 0.05) is 25.7 Å². The van der Waals surface area contributed by atoms with E-state index in [1.807, 2.05) is 0 Å². The molecule has 17 nitrogen and oxygen atoms in total. The van der Waals surface area contributed by atoms with Gasteiger partial charge in [-0.15, -0.1) is 0 Å². The number of esters is 4. The molecule has 5 unspecified atom stereocenters. The Morgan fingerprint density at radius 1 is 0.318 bits per heavy atom. The monoisotopic (exact) mass is 1300 g/mol. The van der Waals surface area contributed by atoms with Crippen LogP contribution < -0.4 is 0 Å². The summed E-state index contributed by atoms with van der Waals surface area (Å²) in [5.74, 6) is 0.823. The van der Waals surface area contributed by atoms with E-state index >= 15 is 0 Å². The van der Waals surface area contributed by atoms with Crippen molar-refractivity contribution in [3.63, 3.8) is 0 Å². The molecule has 0 spiro atoms. The zero-order valence-electron chi connectivity index (χ0n) is 57.3. The first-order valence-electron chi connectivity index (χ1n) is 35.8. The van der Waals surface area contributed by atoms with E-state index in [0.29, 0.717) is 31.6 Å². The Morgan fingerprint density at radius 3 is 0.807 bits per heavy atom. The van der Waals surface area contributed by atoms with Crippen molar-refractivity contribution in [2.24, 2.45) is 23.7 Å². The average Bonchev–Trinajstić information content (AvgIpc) is 3.38. The van der Waals surface area contributed by atoms with Gasteiger partial charge >= 0.3 is 39.5 Å². The topological polar surface area (TPSA) is 237 Å². The molecule has 0 bridgehead atoms. The average molecular weight is 1300 g/mol. The summed E-state index contributed by atoms with van der Waals surface area (Å²) in [5.41, 5.74) is 0. The lowest BCUT2D eigenvalue weighted by atomic mass is 10.00. The molecule has 0 radical (unpaired) electrons. The van der Waals surface area contributed by atoms with Crippen LogP contribution in [-0.2, 0) is 65.4 Å². The minimum atomic E-state index is -4.95. The smallest absolute Gasteiger partial charge is 0.462 e. The van der Waals surface area contributed by atoms with Gasteiger partial charge < -0.3 is 33.8 Å². The Balaban J connectivity index is 5.22. The van der Waals surface area contributed by atoms with Crippen LogP contribution >= 0.6 is 15.6 Å². The summed E-state index contributed by atoms with van der Waals surface area (Å²) in [5, 5.41) is 10.6. The van der Waals surface area contributed by atoms with Gasteiger partial charge in [-0.1, -0.05) is 287 Å². The fraction of sp³-hybridized carbons (Fsp3) is 0.942. The molecule has 0 fully saturated rings. The summed E-state index contributed by atoms with van der Waals surface area (Å²) in [6, 6.07) is 0. The molecule has 7 atom stereocenters. The van der Waals surface area contributed by atoms with Crippen LogP contribution in [0.5, 0.6) is 0 Å². The molecule has 0 saturated carbocycles. The summed E-state index contributed by atoms with van der Waals surface area (Å²) in [6.45, 7) is 14.0. The molecule has 0 aromatic carbocycles. The van der Waals surface area contributed by atoms with Gasteiger partial charge in [-0.2, -0.15) is 0 Å². The fourth-order valence-corrected chi connectivity index (χ4v) is 11.8. The van der Waals surface area contributed by atoms with E-state index in [1.165, 1.54) is 128 Å². The molecule has 88 heavy (non-hydrogen) atoms. The highest BCUT2D eigenvalue weighted by Gasteiger charge is 2.30. The first-order chi connectivity index (χ1) is 42.2. The lowest BCUT2D eigenvalue weighted by Gasteiger charge is -2.21. The Bertz CT molecular complexity index is 1750. The number of carbonyl (C=O) groups is 4. The van der Waals surface area contributed by atoms with Gasteiger partial charge in [-0.05, 0) is 49.4 Å². The van der Waals surface area contributed by atoms with Gasteiger partial charge in [0.2, 0.25) is 0 Å². The van der Waals surface area contributed by atoms with Gasteiger partial charge in [-0.25, -0.2) is 9.13 Å². The maximum atomic E-state index is 13.0. The summed E-state index contributed by atoms with van der Waals surface area (Å²) >= 11 is 0. The third-order valence-electron chi connectivity index (χ3n) is 16.5. The standard InChI is InChI=1S/C69H134O17P2/c1-9-61(7)47-39-31-25-27-34-42-50-67(72)80-56-65(86-69(74)52-44-36-28-26-32-40-48-62(8)10-2)58-84-88(77,78)82-54-63(70)53-81-87(75,76)83-57-64(55-79-66(71)49-41-33-24-20-22-30-38-46-60(5)6)85-68(73)51-43-35-23-19-17-15-13-11-12-14-16-18-21-29-37-45-59(3)4/h59-65,70H,9-58H2,1-8H3,(H,75,76)(H,77,78)/t61?,62?,63?,64-,65-/m1/s1. The summed E-state index contributed by atoms with van der Waals surface area (Å²) in [7, 11) is -9.90. The number of unbranched alkanes of at least 4 members (excludes halogenated alkanes) is 30. The molecule has 0 aliphatic rings. The summed E-state index contributed by atoms with van der Waals surface area (Å²) in [4.78, 5) is 72.4. The van der Waals surface area contributed by atoms with E-state index in [4.69, 9.17) is 37.0 Å². The molecule has 522 valence electrons. The van der Waals surface area contributed by atoms with Crippen molar-refractivity contribution in [1.82, 2.24) is 0 Å². The first-order valence-corrected chi connectivity index (χ1v) is 38.8. The molecular weight excluding hydrogens is 1160 g/mol. The second-order valence-electron chi connectivity index (χ2n) is 26.4. The van der Waals surface area contributed by atoms with Gasteiger partial charge in [0.25, 0.3) is 0 Å². The van der Waals surface area contributed by atoms with Crippen molar-refractivity contribution in [3.05, 3.63) is 0 Å². The number of aliphatic hydroxyl groups excluding tert-OH is 1. The van der Waals surface area contributed by atoms with Crippen LogP contribution in [0.15, 0.2) is 0 Å². The minimum absolute atomic E-state index is 0.101. The predicted octanol–water partition coefficient (Wildman–Crippen LogP) is 19.3. The summed E-state index contributed by atoms with van der Waals surface area (Å²) in [6.07, 6.45) is 40.5. The van der Waals surface area contributed by atoms with E-state index in [2.05, 4.69) is 55.4 Å². The molecular formula is C69H134O17P2. The SMILES string of the molecule is CCC(C)CCCCCCCCC(=O)OC[C@H](COP(=O)(O)OCC(O)COP(=O)(O)OC[C@@H](COC(=O)CCCCCCCCCC(C)C)OC(=O)CCCCCCCCCCCCCCCCCC(C)C)OC(=O)CCCCCCCCC(C)CC. The number of phosphoric ester groups is 2. The quantitative estimate of drug-likeness (QED) is 0.0222. The van der Waals surface area contributed by atoms with Crippen molar-refractivity contribution in [3.8, 4) is 0 Å². The number of ether oxygens (including phenoxy) is 4. The third-order valence-corrected chi connectivity index (χ3v) is 18.4. The largest absolute Gasteiger partial charge is 0.472 e. The molecule has 3 N–H and O–H groups in total. The van der Waals surface area contributed by atoms with E-state index in [-0.39, 0.29) is 25.7 Å².